The van der Waals surface area contributed by atoms with Gasteiger partial charge in [-0.25, -0.2) is 0 Å². The molecule has 0 amide bonds. The summed E-state index contributed by atoms with van der Waals surface area (Å²) < 4.78 is 10.9. The van der Waals surface area contributed by atoms with Gasteiger partial charge in [-0.15, -0.1) is 0 Å². The molecule has 0 saturated carbocycles. The van der Waals surface area contributed by atoms with E-state index < -0.39 is 0 Å². The highest BCUT2D eigenvalue weighted by atomic mass is 16.5. The van der Waals surface area contributed by atoms with E-state index in [1.165, 1.54) is 0 Å². The van der Waals surface area contributed by atoms with Crippen molar-refractivity contribution in [3.8, 4) is 5.75 Å². The smallest absolute Gasteiger partial charge is 0.124 e. The van der Waals surface area contributed by atoms with Crippen LogP contribution in [0.5, 0.6) is 5.75 Å². The van der Waals surface area contributed by atoms with E-state index in [0.29, 0.717) is 6.61 Å². The van der Waals surface area contributed by atoms with E-state index in [9.17, 15) is 0 Å². The van der Waals surface area contributed by atoms with Crippen LogP contribution in [0, 0.1) is 0 Å². The van der Waals surface area contributed by atoms with Crippen molar-refractivity contribution in [1.29, 1.82) is 0 Å². The fourth-order valence-electron chi connectivity index (χ4n) is 1.60. The van der Waals surface area contributed by atoms with Crippen LogP contribution < -0.4 is 10.5 Å². The molecule has 1 unspecified atom stereocenters. The van der Waals surface area contributed by atoms with Crippen molar-refractivity contribution in [1.82, 2.24) is 0 Å². The second-order valence-electron chi connectivity index (χ2n) is 3.94. The predicted octanol–water partition coefficient (Wildman–Crippen LogP) is 2.51. The molecule has 0 spiro atoms. The summed E-state index contributed by atoms with van der Waals surface area (Å²) in [7, 11) is 1.67. The number of para-hydroxylation sites is 1. The minimum Gasteiger partial charge on any atom is -0.488 e. The molecule has 0 fully saturated rings. The largest absolute Gasteiger partial charge is 0.488 e. The molecule has 0 radical (unpaired) electrons. The molecule has 16 heavy (non-hydrogen) atoms. The number of hydrogen-bond acceptors (Lipinski definition) is 3. The SMILES string of the molecule is CC[C@@H](N)c1ccccc1OC(C)COC. The summed E-state index contributed by atoms with van der Waals surface area (Å²) in [4.78, 5) is 0. The van der Waals surface area contributed by atoms with Gasteiger partial charge in [0.15, 0.2) is 0 Å². The quantitative estimate of drug-likeness (QED) is 0.806. The van der Waals surface area contributed by atoms with Crippen LogP contribution in [0.25, 0.3) is 0 Å². The Morgan fingerprint density at radius 1 is 1.31 bits per heavy atom. The van der Waals surface area contributed by atoms with Crippen LogP contribution in [0.15, 0.2) is 24.3 Å². The summed E-state index contributed by atoms with van der Waals surface area (Å²) in [5.41, 5.74) is 7.10. The molecule has 0 aliphatic heterocycles. The van der Waals surface area contributed by atoms with Gasteiger partial charge in [0.1, 0.15) is 11.9 Å². The number of rotatable bonds is 6. The van der Waals surface area contributed by atoms with Crippen molar-refractivity contribution in [3.63, 3.8) is 0 Å². The zero-order valence-electron chi connectivity index (χ0n) is 10.3. The van der Waals surface area contributed by atoms with Crippen molar-refractivity contribution < 1.29 is 9.47 Å². The van der Waals surface area contributed by atoms with Gasteiger partial charge in [-0.2, -0.15) is 0 Å². The third-order valence-corrected chi connectivity index (χ3v) is 2.49. The maximum atomic E-state index is 6.03. The van der Waals surface area contributed by atoms with E-state index in [2.05, 4.69) is 6.92 Å². The minimum atomic E-state index is 0.0333. The maximum Gasteiger partial charge on any atom is 0.124 e. The van der Waals surface area contributed by atoms with Gasteiger partial charge in [0.25, 0.3) is 0 Å². The van der Waals surface area contributed by atoms with Gasteiger partial charge in [0.05, 0.1) is 6.61 Å². The van der Waals surface area contributed by atoms with Crippen LogP contribution in [0.1, 0.15) is 31.9 Å². The van der Waals surface area contributed by atoms with Gasteiger partial charge >= 0.3 is 0 Å². The molecule has 0 aliphatic rings. The zero-order valence-corrected chi connectivity index (χ0v) is 10.3. The van der Waals surface area contributed by atoms with Crippen molar-refractivity contribution in [2.45, 2.75) is 32.4 Å². The first kappa shape index (κ1) is 13.0. The molecule has 0 saturated heterocycles. The molecule has 2 N–H and O–H groups in total. The number of hydrogen-bond donors (Lipinski definition) is 1. The third kappa shape index (κ3) is 3.51. The standard InChI is InChI=1S/C13H21NO2/c1-4-12(14)11-7-5-6-8-13(11)16-10(2)9-15-3/h5-8,10,12H,4,9,14H2,1-3H3/t10?,12-/m1/s1. The molecular weight excluding hydrogens is 202 g/mol. The number of methoxy groups -OCH3 is 1. The molecule has 1 rings (SSSR count). The third-order valence-electron chi connectivity index (χ3n) is 2.49. The molecule has 3 nitrogen and oxygen atoms in total. The molecule has 0 heterocycles. The second-order valence-corrected chi connectivity index (χ2v) is 3.94. The molecular formula is C13H21NO2. The van der Waals surface area contributed by atoms with E-state index >= 15 is 0 Å². The first-order valence-electron chi connectivity index (χ1n) is 5.69. The number of ether oxygens (including phenoxy) is 2. The second kappa shape index (κ2) is 6.51. The minimum absolute atomic E-state index is 0.0333. The van der Waals surface area contributed by atoms with Gasteiger partial charge in [-0.05, 0) is 19.4 Å². The summed E-state index contributed by atoms with van der Waals surface area (Å²) in [6.45, 7) is 4.63. The van der Waals surface area contributed by atoms with Crippen molar-refractivity contribution >= 4 is 0 Å². The Morgan fingerprint density at radius 2 is 2.00 bits per heavy atom. The van der Waals surface area contributed by atoms with Crippen LogP contribution in [0.4, 0.5) is 0 Å². The maximum absolute atomic E-state index is 6.03. The Morgan fingerprint density at radius 3 is 2.62 bits per heavy atom. The summed E-state index contributed by atoms with van der Waals surface area (Å²) in [5.74, 6) is 0.862. The average Bonchev–Trinajstić information content (AvgIpc) is 2.29. The van der Waals surface area contributed by atoms with E-state index in [1.54, 1.807) is 7.11 Å². The lowest BCUT2D eigenvalue weighted by molar-refractivity contribution is 0.0911. The first-order chi connectivity index (χ1) is 7.69. The molecule has 1 aromatic rings. The van der Waals surface area contributed by atoms with E-state index in [0.717, 1.165) is 17.7 Å². The van der Waals surface area contributed by atoms with Gasteiger partial charge in [0.2, 0.25) is 0 Å². The van der Waals surface area contributed by atoms with Crippen LogP contribution >= 0.6 is 0 Å². The molecule has 0 aromatic heterocycles. The topological polar surface area (TPSA) is 44.5 Å². The molecule has 0 aliphatic carbocycles. The monoisotopic (exact) mass is 223 g/mol. The lowest BCUT2D eigenvalue weighted by Crippen LogP contribution is -2.20. The Balaban J connectivity index is 2.78. The van der Waals surface area contributed by atoms with Gasteiger partial charge in [-0.3, -0.25) is 0 Å². The Bertz CT molecular complexity index is 315. The van der Waals surface area contributed by atoms with Crippen molar-refractivity contribution in [2.75, 3.05) is 13.7 Å². The van der Waals surface area contributed by atoms with E-state index in [1.807, 2.05) is 31.2 Å². The Kier molecular flexibility index (Phi) is 5.29. The summed E-state index contributed by atoms with van der Waals surface area (Å²) in [6, 6.07) is 7.95. The van der Waals surface area contributed by atoms with Crippen LogP contribution in [-0.2, 0) is 4.74 Å². The lowest BCUT2D eigenvalue weighted by Gasteiger charge is -2.19. The normalized spacial score (nSPS) is 14.5. The van der Waals surface area contributed by atoms with Gasteiger partial charge in [-0.1, -0.05) is 25.1 Å². The number of benzene rings is 1. The summed E-state index contributed by atoms with van der Waals surface area (Å²) in [5, 5.41) is 0. The van der Waals surface area contributed by atoms with Crippen molar-refractivity contribution in [2.24, 2.45) is 5.73 Å². The van der Waals surface area contributed by atoms with Crippen LogP contribution in [0.2, 0.25) is 0 Å². The highest BCUT2D eigenvalue weighted by Crippen LogP contribution is 2.26. The summed E-state index contributed by atoms with van der Waals surface area (Å²) >= 11 is 0. The predicted molar refractivity (Wildman–Crippen MR) is 65.6 cm³/mol. The average molecular weight is 223 g/mol. The highest BCUT2D eigenvalue weighted by molar-refractivity contribution is 5.35. The van der Waals surface area contributed by atoms with E-state index in [-0.39, 0.29) is 12.1 Å². The fraction of sp³-hybridized carbons (Fsp3) is 0.538. The van der Waals surface area contributed by atoms with Gasteiger partial charge in [0, 0.05) is 18.7 Å². The van der Waals surface area contributed by atoms with Crippen molar-refractivity contribution in [3.05, 3.63) is 29.8 Å². The fourth-order valence-corrected chi connectivity index (χ4v) is 1.60. The van der Waals surface area contributed by atoms with Crippen LogP contribution in [-0.4, -0.2) is 19.8 Å². The molecule has 90 valence electrons. The first-order valence-corrected chi connectivity index (χ1v) is 5.69. The zero-order chi connectivity index (χ0) is 12.0. The Hall–Kier alpha value is -1.06. The molecule has 1 aromatic carbocycles. The van der Waals surface area contributed by atoms with Gasteiger partial charge < -0.3 is 15.2 Å². The Labute approximate surface area is 97.6 Å². The molecule has 2 atom stereocenters. The number of nitrogens with two attached hydrogens (primary N) is 1. The highest BCUT2D eigenvalue weighted by Gasteiger charge is 2.12. The van der Waals surface area contributed by atoms with Crippen LogP contribution in [0.3, 0.4) is 0 Å². The molecule has 0 bridgehead atoms. The summed E-state index contributed by atoms with van der Waals surface area (Å²) in [6.07, 6.45) is 0.939. The lowest BCUT2D eigenvalue weighted by atomic mass is 10.0. The van der Waals surface area contributed by atoms with E-state index in [4.69, 9.17) is 15.2 Å². The molecule has 3 heteroatoms.